The highest BCUT2D eigenvalue weighted by Gasteiger charge is 2.56. The van der Waals surface area contributed by atoms with Gasteiger partial charge in [-0.2, -0.15) is 0 Å². The van der Waals surface area contributed by atoms with Gasteiger partial charge in [-0.3, -0.25) is 14.6 Å². The number of aromatic amines is 1. The van der Waals surface area contributed by atoms with Gasteiger partial charge in [-0.1, -0.05) is 64.7 Å². The first kappa shape index (κ1) is 38.6. The molecule has 0 radical (unpaired) electrons. The van der Waals surface area contributed by atoms with E-state index in [4.69, 9.17) is 19.5 Å². The average Bonchev–Trinajstić information content (AvgIpc) is 3.66. The molecule has 3 N–H and O–H groups in total. The van der Waals surface area contributed by atoms with Crippen LogP contribution in [-0.4, -0.2) is 94.4 Å². The van der Waals surface area contributed by atoms with E-state index in [0.29, 0.717) is 18.9 Å². The standard InChI is InChI=1S/C43H51N7O6/c1-23(2)37(47-42(53)55-6)40(51)49-22-25(5)14-36(49)39-45-21-33(46-39)30-13-12-28-15-26(10-11-29(28)17-30)8-9-27-16-32(44-20-27)35-19-31-18-34(31)50(35)41(52)38(24(3)4)48-43(54)56-7/h10-13,15,17,20-21,23-25,31,34-38H,14,16,18-19,22H2,1-7H3,(H,45,46)(H,47,53)(H,48,54)/t25-,31+,34+,35-,36-,37-,38-/m0/s1. The molecule has 0 unspecified atom stereocenters. The highest BCUT2D eigenvalue weighted by Crippen LogP contribution is 2.49. The molecule has 2 aromatic carbocycles. The summed E-state index contributed by atoms with van der Waals surface area (Å²) in [7, 11) is 2.59. The van der Waals surface area contributed by atoms with Gasteiger partial charge in [0.1, 0.15) is 17.9 Å². The number of aliphatic imine (C=N–C) groups is 1. The molecule has 13 heteroatoms. The smallest absolute Gasteiger partial charge is 0.407 e. The van der Waals surface area contributed by atoms with Crippen LogP contribution in [0.2, 0.25) is 0 Å². The van der Waals surface area contributed by atoms with Gasteiger partial charge in [-0.25, -0.2) is 14.6 Å². The van der Waals surface area contributed by atoms with Crippen LogP contribution in [-0.2, 0) is 19.1 Å². The molecule has 0 spiro atoms. The van der Waals surface area contributed by atoms with Crippen molar-refractivity contribution in [1.29, 1.82) is 0 Å². The number of piperidine rings is 1. The molecule has 4 aliphatic rings. The Morgan fingerprint density at radius 1 is 0.857 bits per heavy atom. The maximum atomic E-state index is 13.7. The van der Waals surface area contributed by atoms with Crippen molar-refractivity contribution >= 4 is 40.5 Å². The number of fused-ring (bicyclic) bond motifs is 2. The normalized spacial score (nSPS) is 23.6. The number of ether oxygens (including phenoxy) is 2. The molecule has 7 atom stereocenters. The number of methoxy groups -OCH3 is 2. The summed E-state index contributed by atoms with van der Waals surface area (Å²) in [6.45, 7) is 10.3. The Morgan fingerprint density at radius 3 is 2.23 bits per heavy atom. The molecule has 3 aliphatic heterocycles. The number of benzene rings is 2. The third kappa shape index (κ3) is 7.88. The molecule has 3 fully saturated rings. The number of H-pyrrole nitrogens is 1. The molecule has 56 heavy (non-hydrogen) atoms. The number of nitrogens with zero attached hydrogens (tertiary/aromatic N) is 4. The fourth-order valence-corrected chi connectivity index (χ4v) is 8.38. The van der Waals surface area contributed by atoms with Crippen LogP contribution in [0.5, 0.6) is 0 Å². The Hall–Kier alpha value is -5.64. The number of allylic oxidation sites excluding steroid dienone is 1. The number of rotatable bonds is 9. The quantitative estimate of drug-likeness (QED) is 0.227. The minimum atomic E-state index is -0.701. The zero-order valence-electron chi connectivity index (χ0n) is 33.1. The predicted molar refractivity (Wildman–Crippen MR) is 212 cm³/mol. The van der Waals surface area contributed by atoms with Crippen LogP contribution in [0.3, 0.4) is 0 Å². The maximum absolute atomic E-state index is 13.7. The Bertz CT molecular complexity index is 2160. The van der Waals surface area contributed by atoms with Crippen LogP contribution < -0.4 is 10.6 Å². The van der Waals surface area contributed by atoms with Crippen molar-refractivity contribution in [2.75, 3.05) is 20.8 Å². The summed E-state index contributed by atoms with van der Waals surface area (Å²) in [5.74, 6) is 7.67. The van der Waals surface area contributed by atoms with Crippen molar-refractivity contribution in [1.82, 2.24) is 30.4 Å². The zero-order valence-corrected chi connectivity index (χ0v) is 33.1. The molecule has 1 aliphatic carbocycles. The molecule has 0 bridgehead atoms. The van der Waals surface area contributed by atoms with Gasteiger partial charge >= 0.3 is 12.2 Å². The Balaban J connectivity index is 1.00. The molecule has 1 aromatic heterocycles. The molecule has 4 heterocycles. The fourth-order valence-electron chi connectivity index (χ4n) is 8.38. The van der Waals surface area contributed by atoms with Gasteiger partial charge in [0, 0.05) is 47.6 Å². The van der Waals surface area contributed by atoms with Gasteiger partial charge in [-0.15, -0.1) is 0 Å². The topological polar surface area (TPSA) is 158 Å². The van der Waals surface area contributed by atoms with E-state index in [-0.39, 0.29) is 47.7 Å². The number of alkyl carbamates (subject to hydrolysis) is 2. The van der Waals surface area contributed by atoms with Crippen molar-refractivity contribution in [3.8, 4) is 23.1 Å². The molecule has 1 saturated carbocycles. The zero-order chi connectivity index (χ0) is 39.8. The number of nitrogens with one attached hydrogen (secondary N) is 3. The summed E-state index contributed by atoms with van der Waals surface area (Å²) in [6, 6.07) is 10.9. The van der Waals surface area contributed by atoms with Crippen molar-refractivity contribution in [3.05, 3.63) is 65.8 Å². The van der Waals surface area contributed by atoms with Crippen molar-refractivity contribution < 1.29 is 28.7 Å². The second-order valence-corrected chi connectivity index (χ2v) is 16.3. The second-order valence-electron chi connectivity index (χ2n) is 16.3. The monoisotopic (exact) mass is 761 g/mol. The Morgan fingerprint density at radius 2 is 1.54 bits per heavy atom. The number of hydrogen-bond acceptors (Lipinski definition) is 8. The minimum Gasteiger partial charge on any atom is -0.453 e. The lowest BCUT2D eigenvalue weighted by Crippen LogP contribution is -2.54. The van der Waals surface area contributed by atoms with Gasteiger partial charge in [-0.05, 0) is 71.9 Å². The number of carbonyl (C=O) groups excluding carboxylic acids is 4. The van der Waals surface area contributed by atoms with Gasteiger partial charge in [0.15, 0.2) is 0 Å². The summed E-state index contributed by atoms with van der Waals surface area (Å²) in [4.78, 5) is 68.2. The van der Waals surface area contributed by atoms with Crippen LogP contribution in [0.1, 0.15) is 77.7 Å². The maximum Gasteiger partial charge on any atom is 0.407 e. The van der Waals surface area contributed by atoms with Crippen molar-refractivity contribution in [3.63, 3.8) is 0 Å². The number of hydrogen-bond donors (Lipinski definition) is 3. The van der Waals surface area contributed by atoms with E-state index in [1.165, 1.54) is 14.2 Å². The largest absolute Gasteiger partial charge is 0.453 e. The van der Waals surface area contributed by atoms with Gasteiger partial charge in [0.25, 0.3) is 0 Å². The first-order chi connectivity index (χ1) is 26.8. The summed E-state index contributed by atoms with van der Waals surface area (Å²) in [5.41, 5.74) is 4.57. The molecule has 4 amide bonds. The number of imidazole rings is 1. The van der Waals surface area contributed by atoms with Crippen molar-refractivity contribution in [2.24, 2.45) is 28.7 Å². The van der Waals surface area contributed by atoms with Crippen molar-refractivity contribution in [2.45, 2.75) is 90.5 Å². The lowest BCUT2D eigenvalue weighted by molar-refractivity contribution is -0.136. The van der Waals surface area contributed by atoms with Crippen LogP contribution in [0.15, 0.2) is 59.4 Å². The second kappa shape index (κ2) is 15.8. The van der Waals surface area contributed by atoms with E-state index in [9.17, 15) is 19.2 Å². The lowest BCUT2D eigenvalue weighted by Gasteiger charge is -2.33. The molecule has 7 rings (SSSR count). The molecule has 294 valence electrons. The number of amides is 4. The van der Waals surface area contributed by atoms with E-state index >= 15 is 0 Å². The first-order valence-corrected chi connectivity index (χ1v) is 19.5. The molecule has 2 saturated heterocycles. The fraction of sp³-hybridized carbons (Fsp3) is 0.488. The summed E-state index contributed by atoms with van der Waals surface area (Å²) in [5, 5.41) is 7.56. The third-order valence-electron chi connectivity index (χ3n) is 11.5. The van der Waals surface area contributed by atoms with Crippen LogP contribution in [0, 0.1) is 35.5 Å². The highest BCUT2D eigenvalue weighted by atomic mass is 16.5. The molecule has 13 nitrogen and oxygen atoms in total. The van der Waals surface area contributed by atoms with E-state index in [1.807, 2.05) is 56.0 Å². The van der Waals surface area contributed by atoms with E-state index < -0.39 is 24.3 Å². The number of likely N-dealkylation sites (tertiary alicyclic amines) is 2. The Labute approximate surface area is 327 Å². The van der Waals surface area contributed by atoms with Gasteiger partial charge < -0.3 is 34.9 Å². The lowest BCUT2D eigenvalue weighted by atomic mass is 9.98. The molecule has 3 aromatic rings. The first-order valence-electron chi connectivity index (χ1n) is 19.5. The van der Waals surface area contributed by atoms with E-state index in [0.717, 1.165) is 64.0 Å². The number of aromatic nitrogens is 2. The van der Waals surface area contributed by atoms with Gasteiger partial charge in [0.2, 0.25) is 11.8 Å². The summed E-state index contributed by atoms with van der Waals surface area (Å²) < 4.78 is 9.57. The molecular formula is C43H51N7O6. The SMILES string of the molecule is COC(=O)N[C@H](C(=O)N1C[C@@H](C)C[C@H]1c1ncc(-c2ccc3cc(C#CC4=CN=C([C@@H]5C[C@H]6C[C@H]6N5C(=O)[C@@H](NC(=O)OC)C(C)C)C4)ccc3c2)[nH]1)C(C)C. The van der Waals surface area contributed by atoms with Crippen LogP contribution >= 0.6 is 0 Å². The van der Waals surface area contributed by atoms with Crippen LogP contribution in [0.25, 0.3) is 22.0 Å². The van der Waals surface area contributed by atoms with Crippen LogP contribution in [0.4, 0.5) is 9.59 Å². The Kier molecular flexibility index (Phi) is 10.9. The average molecular weight is 762 g/mol. The van der Waals surface area contributed by atoms with E-state index in [2.05, 4.69) is 64.7 Å². The van der Waals surface area contributed by atoms with E-state index in [1.54, 1.807) is 0 Å². The van der Waals surface area contributed by atoms with Gasteiger partial charge in [0.05, 0.1) is 38.2 Å². The summed E-state index contributed by atoms with van der Waals surface area (Å²) >= 11 is 0. The minimum absolute atomic E-state index is 0.0804. The predicted octanol–water partition coefficient (Wildman–Crippen LogP) is 5.97. The number of carbonyl (C=O) groups is 4. The summed E-state index contributed by atoms with van der Waals surface area (Å²) in [6.07, 6.45) is 5.62. The third-order valence-corrected chi connectivity index (χ3v) is 11.5. The highest BCUT2D eigenvalue weighted by molar-refractivity contribution is 5.99. The molecular weight excluding hydrogens is 711 g/mol.